The summed E-state index contributed by atoms with van der Waals surface area (Å²) in [5, 5.41) is 2.37. The topological polar surface area (TPSA) is 30.3 Å². The van der Waals surface area contributed by atoms with Gasteiger partial charge in [-0.05, 0) is 24.3 Å². The Balaban J connectivity index is 1.60. The van der Waals surface area contributed by atoms with Crippen LogP contribution < -0.4 is 15.0 Å². The third-order valence-electron chi connectivity index (χ3n) is 3.16. The van der Waals surface area contributed by atoms with Crippen molar-refractivity contribution in [2.45, 2.75) is 6.42 Å². The molecule has 0 aromatic heterocycles. The zero-order valence-electron chi connectivity index (χ0n) is 10.1. The molecule has 3 N–H and O–H groups in total. The Bertz CT molecular complexity index is 323. The van der Waals surface area contributed by atoms with Crippen LogP contribution in [0.5, 0.6) is 5.75 Å². The maximum Gasteiger partial charge on any atom is 0.127 e. The highest BCUT2D eigenvalue weighted by atomic mass is 19.1. The first-order chi connectivity index (χ1) is 8.34. The highest BCUT2D eigenvalue weighted by Gasteiger charge is 2.14. The highest BCUT2D eigenvalue weighted by molar-refractivity contribution is 5.21. The lowest BCUT2D eigenvalue weighted by Crippen LogP contribution is -3.20. The van der Waals surface area contributed by atoms with Gasteiger partial charge in [-0.25, -0.2) is 4.39 Å². The van der Waals surface area contributed by atoms with Crippen LogP contribution in [0.15, 0.2) is 24.3 Å². The maximum absolute atomic E-state index is 12.7. The van der Waals surface area contributed by atoms with Gasteiger partial charge in [-0.15, -0.1) is 0 Å². The van der Waals surface area contributed by atoms with Gasteiger partial charge in [-0.2, -0.15) is 0 Å². The molecule has 0 spiro atoms. The molecule has 0 bridgehead atoms. The second-order valence-electron chi connectivity index (χ2n) is 4.52. The molecule has 1 aliphatic heterocycles. The number of hydrogen-bond donors (Lipinski definition) is 2. The second kappa shape index (κ2) is 6.57. The fourth-order valence-corrected chi connectivity index (χ4v) is 2.17. The van der Waals surface area contributed by atoms with Gasteiger partial charge in [-0.1, -0.05) is 0 Å². The molecule has 3 nitrogen and oxygen atoms in total. The molecule has 0 saturated carbocycles. The SMILES string of the molecule is Fc1ccc(OCCC[NH+]2CC[NH2+]CC2)cc1. The van der Waals surface area contributed by atoms with Crippen molar-refractivity contribution in [2.24, 2.45) is 0 Å². The number of nitrogens with one attached hydrogen (secondary N) is 1. The highest BCUT2D eigenvalue weighted by Crippen LogP contribution is 2.10. The predicted octanol–water partition coefficient (Wildman–Crippen LogP) is -0.943. The third kappa shape index (κ3) is 4.32. The van der Waals surface area contributed by atoms with Crippen LogP contribution >= 0.6 is 0 Å². The summed E-state index contributed by atoms with van der Waals surface area (Å²) in [5.41, 5.74) is 0. The summed E-state index contributed by atoms with van der Waals surface area (Å²) < 4.78 is 18.2. The van der Waals surface area contributed by atoms with Crippen LogP contribution in [0.3, 0.4) is 0 Å². The standard InChI is InChI=1S/C13H19FN2O/c14-12-2-4-13(5-3-12)17-11-1-8-16-9-6-15-7-10-16/h2-5,15H,1,6-11H2/p+2. The molecule has 2 rings (SSSR count). The van der Waals surface area contributed by atoms with Crippen LogP contribution in [0.2, 0.25) is 0 Å². The Morgan fingerprint density at radius 2 is 1.88 bits per heavy atom. The van der Waals surface area contributed by atoms with Crippen molar-refractivity contribution < 1.29 is 19.3 Å². The van der Waals surface area contributed by atoms with Gasteiger partial charge in [0, 0.05) is 6.42 Å². The van der Waals surface area contributed by atoms with Gasteiger partial charge in [-0.3, -0.25) is 0 Å². The van der Waals surface area contributed by atoms with E-state index in [1.807, 2.05) is 0 Å². The molecular formula is C13H21FN2O+2. The number of halogens is 1. The van der Waals surface area contributed by atoms with E-state index in [1.165, 1.54) is 44.9 Å². The average molecular weight is 240 g/mol. The van der Waals surface area contributed by atoms with Crippen LogP contribution in [0.25, 0.3) is 0 Å². The lowest BCUT2D eigenvalue weighted by Gasteiger charge is -2.22. The zero-order chi connectivity index (χ0) is 11.9. The molecule has 1 aliphatic rings. The van der Waals surface area contributed by atoms with Crippen LogP contribution in [0.1, 0.15) is 6.42 Å². The smallest absolute Gasteiger partial charge is 0.127 e. The van der Waals surface area contributed by atoms with E-state index in [1.54, 1.807) is 17.0 Å². The van der Waals surface area contributed by atoms with Crippen molar-refractivity contribution in [1.82, 2.24) is 0 Å². The lowest BCUT2D eigenvalue weighted by atomic mass is 10.3. The molecule has 1 fully saturated rings. The normalized spacial score (nSPS) is 17.0. The first kappa shape index (κ1) is 12.3. The molecule has 1 heterocycles. The Hall–Kier alpha value is -1.13. The minimum absolute atomic E-state index is 0.216. The molecular weight excluding hydrogens is 219 g/mol. The second-order valence-corrected chi connectivity index (χ2v) is 4.52. The summed E-state index contributed by atoms with van der Waals surface area (Å²) in [7, 11) is 0. The van der Waals surface area contributed by atoms with Crippen molar-refractivity contribution in [3.8, 4) is 5.75 Å². The van der Waals surface area contributed by atoms with E-state index < -0.39 is 0 Å². The Kier molecular flexibility index (Phi) is 4.76. The number of hydrogen-bond acceptors (Lipinski definition) is 1. The van der Waals surface area contributed by atoms with E-state index >= 15 is 0 Å². The van der Waals surface area contributed by atoms with Crippen molar-refractivity contribution in [2.75, 3.05) is 39.3 Å². The van der Waals surface area contributed by atoms with Crippen molar-refractivity contribution >= 4 is 0 Å². The minimum Gasteiger partial charge on any atom is -0.493 e. The van der Waals surface area contributed by atoms with Crippen LogP contribution in [-0.2, 0) is 0 Å². The number of quaternary nitrogens is 2. The van der Waals surface area contributed by atoms with Gasteiger partial charge in [0.15, 0.2) is 0 Å². The number of nitrogens with two attached hydrogens (primary N) is 1. The maximum atomic E-state index is 12.7. The monoisotopic (exact) mass is 240 g/mol. The Morgan fingerprint density at radius 3 is 2.59 bits per heavy atom. The molecule has 1 saturated heterocycles. The van der Waals surface area contributed by atoms with Crippen molar-refractivity contribution in [1.29, 1.82) is 0 Å². The van der Waals surface area contributed by atoms with E-state index in [-0.39, 0.29) is 5.82 Å². The molecule has 0 radical (unpaired) electrons. The van der Waals surface area contributed by atoms with Gasteiger partial charge < -0.3 is 15.0 Å². The minimum atomic E-state index is -0.216. The van der Waals surface area contributed by atoms with Crippen LogP contribution in [0.4, 0.5) is 4.39 Å². The fourth-order valence-electron chi connectivity index (χ4n) is 2.17. The van der Waals surface area contributed by atoms with Gasteiger partial charge in [0.2, 0.25) is 0 Å². The average Bonchev–Trinajstić information content (AvgIpc) is 2.38. The van der Waals surface area contributed by atoms with E-state index in [4.69, 9.17) is 4.74 Å². The first-order valence-corrected chi connectivity index (χ1v) is 6.38. The predicted molar refractivity (Wildman–Crippen MR) is 63.7 cm³/mol. The molecule has 0 aliphatic carbocycles. The molecule has 4 heteroatoms. The third-order valence-corrected chi connectivity index (χ3v) is 3.16. The van der Waals surface area contributed by atoms with Crippen molar-refractivity contribution in [3.63, 3.8) is 0 Å². The molecule has 94 valence electrons. The molecule has 1 aromatic carbocycles. The van der Waals surface area contributed by atoms with E-state index in [0.717, 1.165) is 18.8 Å². The van der Waals surface area contributed by atoms with E-state index in [0.29, 0.717) is 0 Å². The molecule has 1 aromatic rings. The quantitative estimate of drug-likeness (QED) is 0.639. The number of piperazine rings is 1. The van der Waals surface area contributed by atoms with Crippen LogP contribution in [0, 0.1) is 5.82 Å². The van der Waals surface area contributed by atoms with Crippen molar-refractivity contribution in [3.05, 3.63) is 30.1 Å². The number of benzene rings is 1. The number of ether oxygens (including phenoxy) is 1. The van der Waals surface area contributed by atoms with Gasteiger partial charge in [0.25, 0.3) is 0 Å². The largest absolute Gasteiger partial charge is 0.493 e. The lowest BCUT2D eigenvalue weighted by molar-refractivity contribution is -0.946. The summed E-state index contributed by atoms with van der Waals surface area (Å²) in [4.78, 5) is 1.68. The Morgan fingerprint density at radius 1 is 1.18 bits per heavy atom. The summed E-state index contributed by atoms with van der Waals surface area (Å²) >= 11 is 0. The van der Waals surface area contributed by atoms with Gasteiger partial charge >= 0.3 is 0 Å². The first-order valence-electron chi connectivity index (χ1n) is 6.38. The van der Waals surface area contributed by atoms with Gasteiger partial charge in [0.1, 0.15) is 37.7 Å². The van der Waals surface area contributed by atoms with E-state index in [9.17, 15) is 4.39 Å². The van der Waals surface area contributed by atoms with E-state index in [2.05, 4.69) is 5.32 Å². The summed E-state index contributed by atoms with van der Waals surface area (Å²) in [6.45, 7) is 6.91. The zero-order valence-corrected chi connectivity index (χ0v) is 10.1. The molecule has 17 heavy (non-hydrogen) atoms. The fraction of sp³-hybridized carbons (Fsp3) is 0.538. The molecule has 0 amide bonds. The summed E-state index contributed by atoms with van der Waals surface area (Å²) in [6.07, 6.45) is 1.06. The summed E-state index contributed by atoms with van der Waals surface area (Å²) in [6, 6.07) is 6.22. The van der Waals surface area contributed by atoms with Gasteiger partial charge in [0.05, 0.1) is 13.2 Å². The number of rotatable bonds is 5. The van der Waals surface area contributed by atoms with Crippen LogP contribution in [-0.4, -0.2) is 39.3 Å². The Labute approximate surface area is 102 Å². The summed E-state index contributed by atoms with van der Waals surface area (Å²) in [5.74, 6) is 0.541. The molecule has 0 atom stereocenters. The molecule has 0 unspecified atom stereocenters.